The third-order valence-electron chi connectivity index (χ3n) is 7.42. The third kappa shape index (κ3) is 4.39. The van der Waals surface area contributed by atoms with Crippen LogP contribution in [0.4, 0.5) is 8.78 Å². The Kier molecular flexibility index (Phi) is 6.54. The van der Waals surface area contributed by atoms with Crippen molar-refractivity contribution in [1.29, 1.82) is 0 Å². The molecule has 9 heteroatoms. The smallest absolute Gasteiger partial charge is 0.276 e. The SMILES string of the molecule is COc1ccnc(C(=O)N2CC[C@]3(NC(=O)c4ccc(-c5ccc(F)cc5)cc4F)CCC[C@H]23)c1OC. The van der Waals surface area contributed by atoms with Gasteiger partial charge >= 0.3 is 0 Å². The molecule has 192 valence electrons. The second-order valence-electron chi connectivity index (χ2n) is 9.36. The van der Waals surface area contributed by atoms with E-state index in [0.717, 1.165) is 6.42 Å². The molecule has 2 heterocycles. The van der Waals surface area contributed by atoms with Crippen molar-refractivity contribution in [2.24, 2.45) is 0 Å². The Morgan fingerprint density at radius 2 is 1.78 bits per heavy atom. The number of pyridine rings is 1. The molecule has 0 bridgehead atoms. The lowest BCUT2D eigenvalue weighted by atomic mass is 9.92. The van der Waals surface area contributed by atoms with E-state index in [9.17, 15) is 14.0 Å². The van der Waals surface area contributed by atoms with E-state index < -0.39 is 17.3 Å². The highest BCUT2D eigenvalue weighted by molar-refractivity contribution is 5.97. The Morgan fingerprint density at radius 3 is 2.49 bits per heavy atom. The van der Waals surface area contributed by atoms with E-state index in [1.807, 2.05) is 0 Å². The first-order chi connectivity index (χ1) is 17.9. The van der Waals surface area contributed by atoms with Crippen molar-refractivity contribution in [3.8, 4) is 22.6 Å². The van der Waals surface area contributed by atoms with E-state index in [4.69, 9.17) is 9.47 Å². The van der Waals surface area contributed by atoms with Crippen LogP contribution in [-0.2, 0) is 0 Å². The van der Waals surface area contributed by atoms with Gasteiger partial charge in [-0.1, -0.05) is 18.2 Å². The van der Waals surface area contributed by atoms with Crippen LogP contribution in [0.5, 0.6) is 11.5 Å². The van der Waals surface area contributed by atoms with Crippen LogP contribution < -0.4 is 14.8 Å². The van der Waals surface area contributed by atoms with Crippen molar-refractivity contribution in [2.45, 2.75) is 37.3 Å². The largest absolute Gasteiger partial charge is 0.493 e. The fraction of sp³-hybridized carbons (Fsp3) is 0.321. The highest BCUT2D eigenvalue weighted by Crippen LogP contribution is 2.43. The molecule has 0 unspecified atom stereocenters. The van der Waals surface area contributed by atoms with E-state index in [1.54, 1.807) is 29.2 Å². The van der Waals surface area contributed by atoms with Crippen LogP contribution in [0.2, 0.25) is 0 Å². The zero-order chi connectivity index (χ0) is 26.2. The van der Waals surface area contributed by atoms with Crippen LogP contribution in [0.1, 0.15) is 46.5 Å². The summed E-state index contributed by atoms with van der Waals surface area (Å²) in [4.78, 5) is 32.7. The molecule has 1 saturated heterocycles. The zero-order valence-corrected chi connectivity index (χ0v) is 20.6. The molecule has 1 aliphatic heterocycles. The molecule has 2 fully saturated rings. The number of rotatable bonds is 6. The Balaban J connectivity index is 1.36. The summed E-state index contributed by atoms with van der Waals surface area (Å²) in [6, 6.07) is 11.4. The molecule has 7 nitrogen and oxygen atoms in total. The van der Waals surface area contributed by atoms with Gasteiger partial charge in [-0.3, -0.25) is 9.59 Å². The number of nitrogens with zero attached hydrogens (tertiary/aromatic N) is 2. The van der Waals surface area contributed by atoms with Crippen molar-refractivity contribution in [1.82, 2.24) is 15.2 Å². The van der Waals surface area contributed by atoms with E-state index in [-0.39, 0.29) is 34.8 Å². The predicted molar refractivity (Wildman–Crippen MR) is 133 cm³/mol. The zero-order valence-electron chi connectivity index (χ0n) is 20.6. The van der Waals surface area contributed by atoms with Crippen molar-refractivity contribution in [2.75, 3.05) is 20.8 Å². The maximum Gasteiger partial charge on any atom is 0.276 e. The number of methoxy groups -OCH3 is 2. The van der Waals surface area contributed by atoms with Gasteiger partial charge in [0.1, 0.15) is 11.6 Å². The predicted octanol–water partition coefficient (Wildman–Crippen LogP) is 4.61. The topological polar surface area (TPSA) is 80.8 Å². The minimum atomic E-state index is -0.665. The molecule has 37 heavy (non-hydrogen) atoms. The highest BCUT2D eigenvalue weighted by atomic mass is 19.1. The molecule has 1 aromatic heterocycles. The summed E-state index contributed by atoms with van der Waals surface area (Å²) in [7, 11) is 2.95. The fourth-order valence-corrected chi connectivity index (χ4v) is 5.62. The molecule has 3 aromatic rings. The number of aromatic nitrogens is 1. The molecule has 1 aliphatic carbocycles. The number of benzene rings is 2. The lowest BCUT2D eigenvalue weighted by molar-refractivity contribution is 0.0684. The quantitative estimate of drug-likeness (QED) is 0.527. The Bertz CT molecular complexity index is 1350. The van der Waals surface area contributed by atoms with Crippen LogP contribution >= 0.6 is 0 Å². The Morgan fingerprint density at radius 1 is 1.03 bits per heavy atom. The van der Waals surface area contributed by atoms with Crippen molar-refractivity contribution in [3.63, 3.8) is 0 Å². The number of hydrogen-bond acceptors (Lipinski definition) is 5. The number of fused-ring (bicyclic) bond motifs is 1. The Labute approximate surface area is 213 Å². The lowest BCUT2D eigenvalue weighted by Crippen LogP contribution is -2.54. The summed E-state index contributed by atoms with van der Waals surface area (Å²) in [5.74, 6) is -1.20. The second-order valence-corrected chi connectivity index (χ2v) is 9.36. The van der Waals surface area contributed by atoms with Gasteiger partial charge in [0.15, 0.2) is 17.2 Å². The van der Waals surface area contributed by atoms with Gasteiger partial charge in [-0.25, -0.2) is 13.8 Å². The average Bonchev–Trinajstić information content (AvgIpc) is 3.46. The maximum absolute atomic E-state index is 15.0. The van der Waals surface area contributed by atoms with Gasteiger partial charge in [0.05, 0.1) is 31.4 Å². The molecule has 2 amide bonds. The molecule has 2 aromatic carbocycles. The number of hydrogen-bond donors (Lipinski definition) is 1. The summed E-state index contributed by atoms with van der Waals surface area (Å²) in [6.45, 7) is 0.428. The van der Waals surface area contributed by atoms with Crippen LogP contribution in [0.25, 0.3) is 11.1 Å². The minimum absolute atomic E-state index is 0.0770. The second kappa shape index (κ2) is 9.80. The first-order valence-corrected chi connectivity index (χ1v) is 12.1. The number of carbonyl (C=O) groups is 2. The molecule has 2 aliphatic rings. The standard InChI is InChI=1S/C28H27F2N3O4/c1-36-22-11-14-31-24(25(22)37-2)27(35)33-15-13-28(12-3-4-23(28)33)32-26(34)20-10-7-18(16-21(20)30)17-5-8-19(29)9-6-17/h5-11,14,16,23H,3-4,12-13,15H2,1-2H3,(H,32,34)/t23-,28+/m0/s1. The number of nitrogens with one attached hydrogen (secondary N) is 1. The van der Waals surface area contributed by atoms with E-state index in [2.05, 4.69) is 10.3 Å². The minimum Gasteiger partial charge on any atom is -0.493 e. The average molecular weight is 508 g/mol. The van der Waals surface area contributed by atoms with Crippen LogP contribution in [-0.4, -0.2) is 54.0 Å². The number of halogens is 2. The van der Waals surface area contributed by atoms with E-state index in [1.165, 1.54) is 44.7 Å². The monoisotopic (exact) mass is 507 g/mol. The molecule has 1 N–H and O–H groups in total. The van der Waals surface area contributed by atoms with Gasteiger partial charge in [-0.05, 0) is 61.1 Å². The van der Waals surface area contributed by atoms with Gasteiger partial charge in [0.2, 0.25) is 0 Å². The molecule has 0 spiro atoms. The normalized spacial score (nSPS) is 20.4. The number of carbonyl (C=O) groups excluding carboxylic acids is 2. The number of amides is 2. The van der Waals surface area contributed by atoms with E-state index >= 15 is 4.39 Å². The first-order valence-electron chi connectivity index (χ1n) is 12.1. The number of likely N-dealkylation sites (tertiary alicyclic amines) is 1. The van der Waals surface area contributed by atoms with Gasteiger partial charge in [0, 0.05) is 18.8 Å². The molecule has 2 atom stereocenters. The van der Waals surface area contributed by atoms with Crippen LogP contribution in [0.15, 0.2) is 54.7 Å². The molecule has 1 saturated carbocycles. The summed E-state index contributed by atoms with van der Waals surface area (Å²) in [6.07, 6.45) is 4.27. The van der Waals surface area contributed by atoms with Crippen molar-refractivity contribution < 1.29 is 27.8 Å². The number of ether oxygens (including phenoxy) is 2. The molecular weight excluding hydrogens is 480 g/mol. The van der Waals surface area contributed by atoms with Crippen LogP contribution in [0.3, 0.4) is 0 Å². The van der Waals surface area contributed by atoms with Gasteiger partial charge in [0.25, 0.3) is 11.8 Å². The molecule has 0 radical (unpaired) electrons. The molecular formula is C28H27F2N3O4. The molecule has 5 rings (SSSR count). The summed E-state index contributed by atoms with van der Waals surface area (Å²) < 4.78 is 39.0. The van der Waals surface area contributed by atoms with Gasteiger partial charge < -0.3 is 19.7 Å². The summed E-state index contributed by atoms with van der Waals surface area (Å²) >= 11 is 0. The van der Waals surface area contributed by atoms with E-state index in [0.29, 0.717) is 42.7 Å². The van der Waals surface area contributed by atoms with Gasteiger partial charge in [-0.15, -0.1) is 0 Å². The maximum atomic E-state index is 15.0. The summed E-state index contributed by atoms with van der Waals surface area (Å²) in [5, 5.41) is 3.07. The van der Waals surface area contributed by atoms with Crippen molar-refractivity contribution in [3.05, 3.63) is 77.6 Å². The highest BCUT2D eigenvalue weighted by Gasteiger charge is 2.53. The Hall–Kier alpha value is -4.01. The fourth-order valence-electron chi connectivity index (χ4n) is 5.62. The van der Waals surface area contributed by atoms with Gasteiger partial charge in [-0.2, -0.15) is 0 Å². The van der Waals surface area contributed by atoms with Crippen LogP contribution in [0, 0.1) is 11.6 Å². The summed E-state index contributed by atoms with van der Waals surface area (Å²) in [5.41, 5.74) is 0.614. The lowest BCUT2D eigenvalue weighted by Gasteiger charge is -2.33. The third-order valence-corrected chi connectivity index (χ3v) is 7.42. The first kappa shape index (κ1) is 24.7. The van der Waals surface area contributed by atoms with Crippen molar-refractivity contribution >= 4 is 11.8 Å².